The van der Waals surface area contributed by atoms with Gasteiger partial charge in [-0.15, -0.1) is 11.3 Å². The molecule has 0 amide bonds. The summed E-state index contributed by atoms with van der Waals surface area (Å²) in [4.78, 5) is 17.9. The second kappa shape index (κ2) is 11.2. The molecule has 6 rings (SSSR count). The monoisotopic (exact) mass is 532 g/mol. The first-order valence-corrected chi connectivity index (χ1v) is 13.7. The lowest BCUT2D eigenvalue weighted by molar-refractivity contribution is 0.0262. The van der Waals surface area contributed by atoms with E-state index in [1.54, 1.807) is 17.6 Å². The Kier molecular flexibility index (Phi) is 7.33. The van der Waals surface area contributed by atoms with Crippen molar-refractivity contribution in [1.82, 2.24) is 24.8 Å². The van der Waals surface area contributed by atoms with Crippen molar-refractivity contribution in [2.24, 2.45) is 0 Å². The van der Waals surface area contributed by atoms with Gasteiger partial charge < -0.3 is 19.7 Å². The number of nitrogens with zero attached hydrogens (tertiary/aromatic N) is 5. The summed E-state index contributed by atoms with van der Waals surface area (Å²) in [5, 5.41) is 3.89. The maximum Gasteiger partial charge on any atom is 0.166 e. The molecule has 2 aromatic heterocycles. The van der Waals surface area contributed by atoms with E-state index >= 15 is 4.39 Å². The summed E-state index contributed by atoms with van der Waals surface area (Å²) in [7, 11) is 2.15. The predicted octanol–water partition coefficient (Wildman–Crippen LogP) is 4.28. The SMILES string of the molecule is CN1CCN(CC#Cc2cc(OC3CCOCC3)c3c(Nc4ccc5ncsc5c4F)ncnc3c2)CC1. The molecule has 0 radical (unpaired) electrons. The number of hydrogen-bond donors (Lipinski definition) is 1. The lowest BCUT2D eigenvalue weighted by Gasteiger charge is -2.30. The van der Waals surface area contributed by atoms with Gasteiger partial charge in [0, 0.05) is 44.6 Å². The lowest BCUT2D eigenvalue weighted by Crippen LogP contribution is -2.44. The minimum Gasteiger partial charge on any atom is -0.489 e. The van der Waals surface area contributed by atoms with E-state index in [1.165, 1.54) is 17.7 Å². The molecule has 0 aliphatic carbocycles. The minimum absolute atomic E-state index is 0.0128. The fourth-order valence-electron chi connectivity index (χ4n) is 4.77. The molecule has 0 unspecified atom stereocenters. The van der Waals surface area contributed by atoms with Crippen LogP contribution in [0.15, 0.2) is 36.1 Å². The fourth-order valence-corrected chi connectivity index (χ4v) is 5.49. The van der Waals surface area contributed by atoms with Gasteiger partial charge in [-0.05, 0) is 31.3 Å². The molecule has 2 aromatic carbocycles. The summed E-state index contributed by atoms with van der Waals surface area (Å²) < 4.78 is 27.8. The number of benzene rings is 2. The average molecular weight is 533 g/mol. The van der Waals surface area contributed by atoms with Crippen molar-refractivity contribution in [2.45, 2.75) is 18.9 Å². The van der Waals surface area contributed by atoms with Gasteiger partial charge in [-0.25, -0.2) is 19.3 Å². The highest BCUT2D eigenvalue weighted by Crippen LogP contribution is 2.36. The van der Waals surface area contributed by atoms with Crippen LogP contribution in [0.25, 0.3) is 21.1 Å². The molecule has 4 aromatic rings. The third-order valence-corrected chi connectivity index (χ3v) is 7.82. The van der Waals surface area contributed by atoms with Gasteiger partial charge in [-0.3, -0.25) is 4.90 Å². The number of likely N-dealkylation sites (N-methyl/N-ethyl adjacent to an activating group) is 1. The molecule has 38 heavy (non-hydrogen) atoms. The largest absolute Gasteiger partial charge is 0.489 e. The van der Waals surface area contributed by atoms with Crippen LogP contribution < -0.4 is 10.1 Å². The molecule has 0 bridgehead atoms. The van der Waals surface area contributed by atoms with Gasteiger partial charge >= 0.3 is 0 Å². The number of ether oxygens (including phenoxy) is 2. The van der Waals surface area contributed by atoms with Crippen molar-refractivity contribution in [1.29, 1.82) is 0 Å². The first kappa shape index (κ1) is 24.9. The molecule has 2 fully saturated rings. The molecule has 2 aliphatic heterocycles. The second-order valence-electron chi connectivity index (χ2n) is 9.65. The molecule has 10 heteroatoms. The highest BCUT2D eigenvalue weighted by Gasteiger charge is 2.20. The molecule has 0 saturated carbocycles. The summed E-state index contributed by atoms with van der Waals surface area (Å²) >= 11 is 1.27. The first-order chi connectivity index (χ1) is 18.6. The Bertz CT molecular complexity index is 1500. The van der Waals surface area contributed by atoms with E-state index in [0.29, 0.717) is 51.6 Å². The molecule has 1 N–H and O–H groups in total. The number of thiazole rings is 1. The average Bonchev–Trinajstić information content (AvgIpc) is 3.42. The second-order valence-corrected chi connectivity index (χ2v) is 10.5. The van der Waals surface area contributed by atoms with Gasteiger partial charge in [0.25, 0.3) is 0 Å². The van der Waals surface area contributed by atoms with Crippen LogP contribution in [0.2, 0.25) is 0 Å². The fraction of sp³-hybridized carbons (Fsp3) is 0.393. The maximum atomic E-state index is 15.2. The Morgan fingerprint density at radius 2 is 1.95 bits per heavy atom. The van der Waals surface area contributed by atoms with E-state index < -0.39 is 0 Å². The smallest absolute Gasteiger partial charge is 0.166 e. The standard InChI is InChI=1S/C28H29FN6O2S/c1-34-9-11-35(12-10-34)8-2-3-19-15-23-25(24(16-19)37-20-6-13-36-14-7-20)28(31-17-30-23)33-21-4-5-22-27(26(21)29)38-18-32-22/h4-5,15-18,20H,6-14H2,1H3,(H,30,31,33). The van der Waals surface area contributed by atoms with Gasteiger partial charge in [0.2, 0.25) is 0 Å². The molecule has 2 saturated heterocycles. The van der Waals surface area contributed by atoms with Gasteiger partial charge in [-0.2, -0.15) is 0 Å². The normalized spacial score (nSPS) is 17.4. The summed E-state index contributed by atoms with van der Waals surface area (Å²) in [6.07, 6.45) is 3.09. The zero-order valence-electron chi connectivity index (χ0n) is 21.2. The number of aromatic nitrogens is 3. The van der Waals surface area contributed by atoms with Gasteiger partial charge in [0.1, 0.15) is 24.0 Å². The number of halogens is 1. The molecule has 2 aliphatic rings. The van der Waals surface area contributed by atoms with Crippen LogP contribution in [0.5, 0.6) is 5.75 Å². The van der Waals surface area contributed by atoms with E-state index in [4.69, 9.17) is 9.47 Å². The van der Waals surface area contributed by atoms with Crippen LogP contribution in [0.3, 0.4) is 0 Å². The number of hydrogen-bond acceptors (Lipinski definition) is 9. The number of nitrogens with one attached hydrogen (secondary N) is 1. The van der Waals surface area contributed by atoms with Crippen LogP contribution in [-0.4, -0.2) is 83.8 Å². The summed E-state index contributed by atoms with van der Waals surface area (Å²) in [6, 6.07) is 7.38. The maximum absolute atomic E-state index is 15.2. The molecule has 0 spiro atoms. The highest BCUT2D eigenvalue weighted by molar-refractivity contribution is 7.16. The highest BCUT2D eigenvalue weighted by atomic mass is 32.1. The Balaban J connectivity index is 1.34. The summed E-state index contributed by atoms with van der Waals surface area (Å²) in [5.41, 5.74) is 4.12. The van der Waals surface area contributed by atoms with Gasteiger partial charge in [0.15, 0.2) is 5.82 Å². The van der Waals surface area contributed by atoms with Crippen LogP contribution in [-0.2, 0) is 4.74 Å². The Morgan fingerprint density at radius 1 is 1.11 bits per heavy atom. The lowest BCUT2D eigenvalue weighted by atomic mass is 10.1. The molecular formula is C28H29FN6O2S. The van der Waals surface area contributed by atoms with E-state index in [1.807, 2.05) is 12.1 Å². The number of rotatable bonds is 5. The summed E-state index contributed by atoms with van der Waals surface area (Å²) in [5.74, 6) is 7.41. The third-order valence-electron chi connectivity index (χ3n) is 6.99. The Hall–Kier alpha value is -3.36. The minimum atomic E-state index is -0.352. The molecule has 196 valence electrons. The number of anilines is 2. The van der Waals surface area contributed by atoms with Crippen LogP contribution in [0, 0.1) is 17.7 Å². The van der Waals surface area contributed by atoms with Crippen molar-refractivity contribution < 1.29 is 13.9 Å². The van der Waals surface area contributed by atoms with E-state index in [-0.39, 0.29) is 11.9 Å². The van der Waals surface area contributed by atoms with Crippen molar-refractivity contribution in [3.05, 3.63) is 47.5 Å². The molecule has 0 atom stereocenters. The zero-order valence-corrected chi connectivity index (χ0v) is 22.1. The van der Waals surface area contributed by atoms with E-state index in [9.17, 15) is 0 Å². The Labute approximate surface area is 224 Å². The number of fused-ring (bicyclic) bond motifs is 2. The molecular weight excluding hydrogens is 503 g/mol. The topological polar surface area (TPSA) is 75.6 Å². The van der Waals surface area contributed by atoms with Crippen molar-refractivity contribution >= 4 is 44.0 Å². The summed E-state index contributed by atoms with van der Waals surface area (Å²) in [6.45, 7) is 6.20. The first-order valence-electron chi connectivity index (χ1n) is 12.9. The van der Waals surface area contributed by atoms with Crippen molar-refractivity contribution in [2.75, 3.05) is 58.3 Å². The quantitative estimate of drug-likeness (QED) is 0.382. The van der Waals surface area contributed by atoms with Crippen LogP contribution in [0.4, 0.5) is 15.9 Å². The van der Waals surface area contributed by atoms with E-state index in [2.05, 4.69) is 49.0 Å². The van der Waals surface area contributed by atoms with Crippen molar-refractivity contribution in [3.63, 3.8) is 0 Å². The predicted molar refractivity (Wildman–Crippen MR) is 148 cm³/mol. The molecule has 4 heterocycles. The Morgan fingerprint density at radius 3 is 2.79 bits per heavy atom. The third kappa shape index (κ3) is 5.42. The number of piperazine rings is 1. The van der Waals surface area contributed by atoms with Crippen LogP contribution in [0.1, 0.15) is 18.4 Å². The molecule has 8 nitrogen and oxygen atoms in total. The van der Waals surface area contributed by atoms with Gasteiger partial charge in [0.05, 0.1) is 52.1 Å². The zero-order chi connectivity index (χ0) is 25.9. The van der Waals surface area contributed by atoms with Crippen molar-refractivity contribution in [3.8, 4) is 17.6 Å². The van der Waals surface area contributed by atoms with Crippen LogP contribution >= 0.6 is 11.3 Å². The van der Waals surface area contributed by atoms with E-state index in [0.717, 1.165) is 51.1 Å². The van der Waals surface area contributed by atoms with Gasteiger partial charge in [-0.1, -0.05) is 11.8 Å².